The fourth-order valence-electron chi connectivity index (χ4n) is 4.20. The van der Waals surface area contributed by atoms with E-state index in [2.05, 4.69) is 15.8 Å². The van der Waals surface area contributed by atoms with Crippen LogP contribution in [0.15, 0.2) is 114 Å². The van der Waals surface area contributed by atoms with Crippen LogP contribution >= 0.6 is 0 Å². The number of sulfonamides is 1. The number of carbonyl (C=O) groups excluding carboxylic acids is 2. The molecule has 0 saturated carbocycles. The smallest absolute Gasteiger partial charge is 0.263 e. The fraction of sp³-hybridized carbons (Fsp3) is 0.182. The second-order valence-corrected chi connectivity index (χ2v) is 11.7. The molecule has 0 aromatic heterocycles. The minimum Gasteiger partial charge on any atom is -0.484 e. The molecule has 0 aliphatic rings. The van der Waals surface area contributed by atoms with E-state index in [1.807, 2.05) is 60.7 Å². The van der Waals surface area contributed by atoms with Gasteiger partial charge in [-0.2, -0.15) is 5.10 Å². The van der Waals surface area contributed by atoms with Gasteiger partial charge in [0.15, 0.2) is 6.61 Å². The predicted molar refractivity (Wildman–Crippen MR) is 171 cm³/mol. The molecule has 44 heavy (non-hydrogen) atoms. The van der Waals surface area contributed by atoms with Crippen LogP contribution < -0.4 is 24.5 Å². The lowest BCUT2D eigenvalue weighted by atomic mass is 10.1. The maximum atomic E-state index is 12.8. The first-order valence-corrected chi connectivity index (χ1v) is 15.7. The second-order valence-electron chi connectivity index (χ2n) is 9.82. The van der Waals surface area contributed by atoms with Gasteiger partial charge in [0.25, 0.3) is 11.8 Å². The van der Waals surface area contributed by atoms with E-state index in [-0.39, 0.29) is 12.5 Å². The van der Waals surface area contributed by atoms with Crippen LogP contribution in [0.2, 0.25) is 0 Å². The molecule has 0 unspecified atom stereocenters. The monoisotopic (exact) mass is 614 g/mol. The van der Waals surface area contributed by atoms with Crippen molar-refractivity contribution in [2.24, 2.45) is 5.10 Å². The van der Waals surface area contributed by atoms with E-state index in [4.69, 9.17) is 9.47 Å². The lowest BCUT2D eigenvalue weighted by molar-refractivity contribution is -0.123. The standard InChI is InChI=1S/C33H34N4O6S/c1-25(37(44(2,40)41)28-15-19-31(20-16-28)43-30-11-7-4-8-12-30)33(39)36-35-23-27-13-17-29(18-14-27)42-24-32(38)34-22-21-26-9-5-3-6-10-26/h3-20,23,25H,21-22,24H2,1-2H3,(H,34,38)(H,36,39)/b35-23-/t25-/m1/s1. The molecule has 0 heterocycles. The maximum Gasteiger partial charge on any atom is 0.263 e. The van der Waals surface area contributed by atoms with Crippen molar-refractivity contribution in [2.45, 2.75) is 19.4 Å². The van der Waals surface area contributed by atoms with Crippen molar-refractivity contribution in [3.8, 4) is 17.2 Å². The van der Waals surface area contributed by atoms with E-state index < -0.39 is 22.0 Å². The van der Waals surface area contributed by atoms with Crippen LogP contribution in [-0.4, -0.2) is 51.9 Å². The van der Waals surface area contributed by atoms with E-state index in [0.29, 0.717) is 35.0 Å². The molecule has 0 radical (unpaired) electrons. The quantitative estimate of drug-likeness (QED) is 0.159. The molecule has 0 saturated heterocycles. The Labute approximate surface area is 257 Å². The number of rotatable bonds is 14. The van der Waals surface area contributed by atoms with Crippen LogP contribution in [0.5, 0.6) is 17.2 Å². The average molecular weight is 615 g/mol. The van der Waals surface area contributed by atoms with E-state index in [1.165, 1.54) is 13.1 Å². The molecule has 0 aliphatic carbocycles. The van der Waals surface area contributed by atoms with Crippen LogP contribution in [0.1, 0.15) is 18.1 Å². The van der Waals surface area contributed by atoms with Gasteiger partial charge in [0.05, 0.1) is 18.2 Å². The number of nitrogens with zero attached hydrogens (tertiary/aromatic N) is 2. The van der Waals surface area contributed by atoms with Crippen molar-refractivity contribution in [1.29, 1.82) is 0 Å². The van der Waals surface area contributed by atoms with Crippen LogP contribution in [0, 0.1) is 0 Å². The molecule has 0 aliphatic heterocycles. The van der Waals surface area contributed by atoms with Crippen molar-refractivity contribution in [3.05, 3.63) is 120 Å². The molecule has 2 amide bonds. The Hall–Kier alpha value is -5.16. The number of hydrogen-bond donors (Lipinski definition) is 2. The van der Waals surface area contributed by atoms with Crippen LogP contribution in [0.25, 0.3) is 0 Å². The van der Waals surface area contributed by atoms with E-state index in [9.17, 15) is 18.0 Å². The van der Waals surface area contributed by atoms with Crippen LogP contribution in [0.4, 0.5) is 5.69 Å². The van der Waals surface area contributed by atoms with Crippen molar-refractivity contribution in [3.63, 3.8) is 0 Å². The minimum absolute atomic E-state index is 0.115. The fourth-order valence-corrected chi connectivity index (χ4v) is 5.37. The molecule has 4 aromatic carbocycles. The first kappa shape index (κ1) is 31.8. The van der Waals surface area contributed by atoms with Gasteiger partial charge in [0, 0.05) is 6.54 Å². The lowest BCUT2D eigenvalue weighted by Gasteiger charge is -2.27. The van der Waals surface area contributed by atoms with Gasteiger partial charge >= 0.3 is 0 Å². The third-order valence-corrected chi connectivity index (χ3v) is 7.62. The maximum absolute atomic E-state index is 12.8. The molecule has 2 N–H and O–H groups in total. The highest BCUT2D eigenvalue weighted by atomic mass is 32.2. The molecule has 0 bridgehead atoms. The molecule has 10 nitrogen and oxygen atoms in total. The number of carbonyl (C=O) groups is 2. The van der Waals surface area contributed by atoms with Crippen molar-refractivity contribution >= 4 is 33.7 Å². The van der Waals surface area contributed by atoms with Crippen molar-refractivity contribution in [1.82, 2.24) is 10.7 Å². The number of hydrogen-bond acceptors (Lipinski definition) is 7. The molecule has 0 spiro atoms. The van der Waals surface area contributed by atoms with Crippen LogP contribution in [0.3, 0.4) is 0 Å². The van der Waals surface area contributed by atoms with E-state index >= 15 is 0 Å². The topological polar surface area (TPSA) is 126 Å². The third-order valence-electron chi connectivity index (χ3n) is 6.38. The number of nitrogens with one attached hydrogen (secondary N) is 2. The Morgan fingerprint density at radius 1 is 0.841 bits per heavy atom. The number of amides is 2. The molecule has 1 atom stereocenters. The number of anilines is 1. The van der Waals surface area contributed by atoms with Gasteiger partial charge in [-0.3, -0.25) is 13.9 Å². The summed E-state index contributed by atoms with van der Waals surface area (Å²) in [5, 5.41) is 6.80. The summed E-state index contributed by atoms with van der Waals surface area (Å²) in [6, 6.07) is 31.2. The number of ether oxygens (including phenoxy) is 2. The summed E-state index contributed by atoms with van der Waals surface area (Å²) in [6.07, 6.45) is 3.19. The van der Waals surface area contributed by atoms with Gasteiger partial charge in [0.1, 0.15) is 23.3 Å². The third kappa shape index (κ3) is 9.70. The van der Waals surface area contributed by atoms with Gasteiger partial charge < -0.3 is 14.8 Å². The summed E-state index contributed by atoms with van der Waals surface area (Å²) < 4.78 is 37.6. The number of hydrazone groups is 1. The summed E-state index contributed by atoms with van der Waals surface area (Å²) in [4.78, 5) is 24.9. The van der Waals surface area contributed by atoms with Gasteiger partial charge in [0.2, 0.25) is 10.0 Å². The SMILES string of the molecule is C[C@H](C(=O)N/N=C\c1ccc(OCC(=O)NCCc2ccccc2)cc1)N(c1ccc(Oc2ccccc2)cc1)S(C)(=O)=O. The average Bonchev–Trinajstić information content (AvgIpc) is 3.02. The minimum atomic E-state index is -3.81. The Kier molecular flexibility index (Phi) is 11.1. The molecule has 0 fully saturated rings. The predicted octanol–water partition coefficient (Wildman–Crippen LogP) is 4.52. The molecule has 228 valence electrons. The Bertz CT molecular complexity index is 1650. The van der Waals surface area contributed by atoms with Gasteiger partial charge in [-0.15, -0.1) is 0 Å². The van der Waals surface area contributed by atoms with Crippen molar-refractivity contribution in [2.75, 3.05) is 23.7 Å². The highest BCUT2D eigenvalue weighted by Gasteiger charge is 2.29. The number of benzene rings is 4. The first-order chi connectivity index (χ1) is 21.2. The molecule has 11 heteroatoms. The van der Waals surface area contributed by atoms with Gasteiger partial charge in [-0.05, 0) is 85.1 Å². The summed E-state index contributed by atoms with van der Waals surface area (Å²) in [5.74, 6) is 0.832. The van der Waals surface area contributed by atoms with Gasteiger partial charge in [-0.25, -0.2) is 13.8 Å². The molecular weight excluding hydrogens is 580 g/mol. The van der Waals surface area contributed by atoms with E-state index in [0.717, 1.165) is 22.5 Å². The highest BCUT2D eigenvalue weighted by molar-refractivity contribution is 7.92. The Morgan fingerprint density at radius 2 is 1.43 bits per heavy atom. The summed E-state index contributed by atoms with van der Waals surface area (Å²) in [6.45, 7) is 1.88. The second kappa shape index (κ2) is 15.4. The molecular formula is C33H34N4O6S. The lowest BCUT2D eigenvalue weighted by Crippen LogP contribution is -2.46. The molecule has 4 aromatic rings. The molecule has 4 rings (SSSR count). The Balaban J connectivity index is 1.26. The highest BCUT2D eigenvalue weighted by Crippen LogP contribution is 2.27. The van der Waals surface area contributed by atoms with Crippen LogP contribution in [-0.2, 0) is 26.0 Å². The van der Waals surface area contributed by atoms with Crippen molar-refractivity contribution < 1.29 is 27.5 Å². The summed E-state index contributed by atoms with van der Waals surface area (Å²) in [5.41, 5.74) is 4.51. The zero-order valence-electron chi connectivity index (χ0n) is 24.4. The summed E-state index contributed by atoms with van der Waals surface area (Å²) >= 11 is 0. The largest absolute Gasteiger partial charge is 0.484 e. The first-order valence-electron chi connectivity index (χ1n) is 13.9. The zero-order valence-corrected chi connectivity index (χ0v) is 25.2. The van der Waals surface area contributed by atoms with E-state index in [1.54, 1.807) is 48.5 Å². The Morgan fingerprint density at radius 3 is 2.07 bits per heavy atom. The normalized spacial score (nSPS) is 11.9. The summed E-state index contributed by atoms with van der Waals surface area (Å²) in [7, 11) is -3.81. The zero-order chi connectivity index (χ0) is 31.4. The number of para-hydroxylation sites is 1. The van der Waals surface area contributed by atoms with Gasteiger partial charge in [-0.1, -0.05) is 48.5 Å².